The minimum Gasteiger partial charge on any atom is -0.365 e. The van der Waals surface area contributed by atoms with Crippen molar-refractivity contribution >= 4 is 11.6 Å². The fourth-order valence-corrected chi connectivity index (χ4v) is 1.70. The molecule has 1 rings (SSSR count). The van der Waals surface area contributed by atoms with E-state index in [0.29, 0.717) is 13.1 Å². The van der Waals surface area contributed by atoms with Gasteiger partial charge in [-0.15, -0.1) is 0 Å². The molecule has 1 amide bonds. The summed E-state index contributed by atoms with van der Waals surface area (Å²) in [5.41, 5.74) is 7.52. The normalized spacial score (nSPS) is 11.2. The Morgan fingerprint density at radius 1 is 1.32 bits per heavy atom. The highest BCUT2D eigenvalue weighted by molar-refractivity contribution is 5.81. The van der Waals surface area contributed by atoms with E-state index >= 15 is 0 Å². The molecule has 0 spiro atoms. The summed E-state index contributed by atoms with van der Waals surface area (Å²) >= 11 is 0. The van der Waals surface area contributed by atoms with Crippen molar-refractivity contribution in [2.45, 2.75) is 39.3 Å². The molecule has 0 radical (unpaired) electrons. The molecule has 1 aromatic carbocycles. The van der Waals surface area contributed by atoms with E-state index in [9.17, 15) is 4.79 Å². The van der Waals surface area contributed by atoms with Gasteiger partial charge in [-0.05, 0) is 38.0 Å². The zero-order valence-corrected chi connectivity index (χ0v) is 12.4. The zero-order chi connectivity index (χ0) is 14.5. The molecular formula is C15H25N3O. The first-order valence-electron chi connectivity index (χ1n) is 6.69. The Morgan fingerprint density at radius 3 is 2.37 bits per heavy atom. The molecule has 0 aliphatic rings. The Balaban J connectivity index is 2.58. The minimum atomic E-state index is -0.151. The first kappa shape index (κ1) is 15.5. The molecule has 0 saturated heterocycles. The summed E-state index contributed by atoms with van der Waals surface area (Å²) in [6.45, 7) is 7.01. The Kier molecular flexibility index (Phi) is 5.36. The molecule has 0 heterocycles. The number of nitrogens with one attached hydrogen (secondary N) is 1. The number of rotatable bonds is 6. The third-order valence-corrected chi connectivity index (χ3v) is 3.36. The Morgan fingerprint density at radius 2 is 1.89 bits per heavy atom. The van der Waals surface area contributed by atoms with Crippen LogP contribution in [0.1, 0.15) is 32.8 Å². The van der Waals surface area contributed by atoms with Crippen molar-refractivity contribution < 1.29 is 4.79 Å². The molecule has 0 aliphatic carbocycles. The van der Waals surface area contributed by atoms with Crippen molar-refractivity contribution in [2.75, 3.05) is 18.5 Å². The van der Waals surface area contributed by atoms with Crippen molar-refractivity contribution in [2.24, 2.45) is 5.73 Å². The summed E-state index contributed by atoms with van der Waals surface area (Å²) in [7, 11) is 1.91. The molecule has 0 aliphatic heterocycles. The number of nitrogens with zero attached hydrogens (tertiary/aromatic N) is 1. The molecule has 1 aromatic rings. The number of carbonyl (C=O) groups excluding carboxylic acids is 1. The van der Waals surface area contributed by atoms with Crippen LogP contribution in [-0.2, 0) is 11.3 Å². The topological polar surface area (TPSA) is 58.4 Å². The van der Waals surface area contributed by atoms with Gasteiger partial charge in [-0.2, -0.15) is 0 Å². The average molecular weight is 263 g/mol. The van der Waals surface area contributed by atoms with Crippen molar-refractivity contribution in [3.63, 3.8) is 0 Å². The van der Waals surface area contributed by atoms with E-state index in [4.69, 9.17) is 5.73 Å². The molecule has 0 unspecified atom stereocenters. The van der Waals surface area contributed by atoms with Crippen LogP contribution in [0.15, 0.2) is 24.3 Å². The van der Waals surface area contributed by atoms with Gasteiger partial charge in [0.2, 0.25) is 5.91 Å². The number of anilines is 1. The van der Waals surface area contributed by atoms with E-state index in [1.807, 2.05) is 50.1 Å². The summed E-state index contributed by atoms with van der Waals surface area (Å²) in [5.74, 6) is 0.0391. The van der Waals surface area contributed by atoms with Gasteiger partial charge in [0.1, 0.15) is 0 Å². The van der Waals surface area contributed by atoms with Crippen LogP contribution in [0.5, 0.6) is 0 Å². The summed E-state index contributed by atoms with van der Waals surface area (Å²) in [5, 5.41) is 3.03. The predicted octanol–water partition coefficient (Wildman–Crippen LogP) is 1.89. The molecule has 106 valence electrons. The van der Waals surface area contributed by atoms with E-state index in [1.165, 1.54) is 0 Å². The van der Waals surface area contributed by atoms with Gasteiger partial charge in [0, 0.05) is 24.8 Å². The molecule has 0 bridgehead atoms. The lowest BCUT2D eigenvalue weighted by molar-refractivity contribution is -0.121. The fourth-order valence-electron chi connectivity index (χ4n) is 1.70. The summed E-state index contributed by atoms with van der Waals surface area (Å²) in [6.07, 6.45) is 0.910. The van der Waals surface area contributed by atoms with Crippen LogP contribution < -0.4 is 16.0 Å². The summed E-state index contributed by atoms with van der Waals surface area (Å²) in [4.78, 5) is 13.9. The molecule has 0 fully saturated rings. The van der Waals surface area contributed by atoms with Crippen molar-refractivity contribution in [3.8, 4) is 0 Å². The van der Waals surface area contributed by atoms with E-state index in [-0.39, 0.29) is 11.4 Å². The molecular weight excluding hydrogens is 238 g/mol. The number of hydrogen-bond donors (Lipinski definition) is 2. The molecule has 0 atom stereocenters. The first-order chi connectivity index (χ1) is 8.88. The van der Waals surface area contributed by atoms with Crippen LogP contribution in [0.4, 0.5) is 5.69 Å². The van der Waals surface area contributed by atoms with Crippen LogP contribution >= 0.6 is 0 Å². The van der Waals surface area contributed by atoms with Crippen LogP contribution in [0, 0.1) is 0 Å². The van der Waals surface area contributed by atoms with Gasteiger partial charge in [0.15, 0.2) is 0 Å². The zero-order valence-electron chi connectivity index (χ0n) is 12.4. The van der Waals surface area contributed by atoms with E-state index in [0.717, 1.165) is 17.7 Å². The Bertz CT molecular complexity index is 412. The van der Waals surface area contributed by atoms with Gasteiger partial charge in [-0.3, -0.25) is 4.79 Å². The maximum Gasteiger partial charge on any atom is 0.239 e. The van der Waals surface area contributed by atoms with Gasteiger partial charge in [-0.25, -0.2) is 0 Å². The monoisotopic (exact) mass is 263 g/mol. The largest absolute Gasteiger partial charge is 0.365 e. The maximum absolute atomic E-state index is 12.0. The van der Waals surface area contributed by atoms with Crippen LogP contribution in [-0.4, -0.2) is 25.0 Å². The third kappa shape index (κ3) is 4.91. The number of amides is 1. The van der Waals surface area contributed by atoms with E-state index in [1.54, 1.807) is 0 Å². The Hall–Kier alpha value is -1.55. The Labute approximate surface area is 116 Å². The lowest BCUT2D eigenvalue weighted by Gasteiger charge is -2.27. The first-order valence-corrected chi connectivity index (χ1v) is 6.69. The molecule has 4 heteroatoms. The maximum atomic E-state index is 12.0. The SMILES string of the molecule is CCC(C)(C)NC(=O)CN(C)c1ccc(CN)cc1. The molecule has 19 heavy (non-hydrogen) atoms. The molecule has 0 aromatic heterocycles. The summed E-state index contributed by atoms with van der Waals surface area (Å²) in [6, 6.07) is 7.94. The highest BCUT2D eigenvalue weighted by atomic mass is 16.2. The van der Waals surface area contributed by atoms with Crippen molar-refractivity contribution in [1.82, 2.24) is 5.32 Å². The molecule has 3 N–H and O–H groups in total. The molecule has 4 nitrogen and oxygen atoms in total. The molecule has 0 saturated carbocycles. The second-order valence-electron chi connectivity index (χ2n) is 5.51. The second-order valence-corrected chi connectivity index (χ2v) is 5.51. The van der Waals surface area contributed by atoms with E-state index < -0.39 is 0 Å². The summed E-state index contributed by atoms with van der Waals surface area (Å²) < 4.78 is 0. The van der Waals surface area contributed by atoms with Gasteiger partial charge >= 0.3 is 0 Å². The fraction of sp³-hybridized carbons (Fsp3) is 0.533. The average Bonchev–Trinajstić information content (AvgIpc) is 2.38. The van der Waals surface area contributed by atoms with E-state index in [2.05, 4.69) is 12.2 Å². The number of nitrogens with two attached hydrogens (primary N) is 1. The number of benzene rings is 1. The standard InChI is InChI=1S/C15H25N3O/c1-5-15(2,3)17-14(19)11-18(4)13-8-6-12(10-16)7-9-13/h6-9H,5,10-11,16H2,1-4H3,(H,17,19). The smallest absolute Gasteiger partial charge is 0.239 e. The van der Waals surface area contributed by atoms with Crippen molar-refractivity contribution in [3.05, 3.63) is 29.8 Å². The number of hydrogen-bond acceptors (Lipinski definition) is 3. The van der Waals surface area contributed by atoms with Gasteiger partial charge in [-0.1, -0.05) is 19.1 Å². The van der Waals surface area contributed by atoms with Crippen LogP contribution in [0.25, 0.3) is 0 Å². The lowest BCUT2D eigenvalue weighted by atomic mass is 10.0. The van der Waals surface area contributed by atoms with Crippen LogP contribution in [0.2, 0.25) is 0 Å². The number of likely N-dealkylation sites (N-methyl/N-ethyl adjacent to an activating group) is 1. The highest BCUT2D eigenvalue weighted by Crippen LogP contribution is 2.13. The van der Waals surface area contributed by atoms with Gasteiger partial charge in [0.05, 0.1) is 6.54 Å². The quantitative estimate of drug-likeness (QED) is 0.824. The second kappa shape index (κ2) is 6.57. The van der Waals surface area contributed by atoms with Crippen molar-refractivity contribution in [1.29, 1.82) is 0 Å². The lowest BCUT2D eigenvalue weighted by Crippen LogP contribution is -2.46. The van der Waals surface area contributed by atoms with Gasteiger partial charge in [0.25, 0.3) is 0 Å². The van der Waals surface area contributed by atoms with Gasteiger partial charge < -0.3 is 16.0 Å². The van der Waals surface area contributed by atoms with Crippen LogP contribution in [0.3, 0.4) is 0 Å². The number of carbonyl (C=O) groups is 1. The highest BCUT2D eigenvalue weighted by Gasteiger charge is 2.18. The predicted molar refractivity (Wildman–Crippen MR) is 80.1 cm³/mol. The minimum absolute atomic E-state index is 0.0391. The third-order valence-electron chi connectivity index (χ3n) is 3.36.